The fourth-order valence-electron chi connectivity index (χ4n) is 2.95. The van der Waals surface area contributed by atoms with E-state index in [2.05, 4.69) is 17.3 Å². The largest absolute Gasteiger partial charge is 0.315 e. The molecule has 2 N–H and O–H groups in total. The van der Waals surface area contributed by atoms with Crippen LogP contribution in [0.3, 0.4) is 0 Å². The number of hydrogen-bond acceptors (Lipinski definition) is 4. The first-order valence-electron chi connectivity index (χ1n) is 5.70. The summed E-state index contributed by atoms with van der Waals surface area (Å²) in [6.45, 7) is 0. The van der Waals surface area contributed by atoms with Gasteiger partial charge in [-0.25, -0.2) is 0 Å². The van der Waals surface area contributed by atoms with E-state index >= 15 is 0 Å². The summed E-state index contributed by atoms with van der Waals surface area (Å²) in [6, 6.07) is 2.08. The number of nitrogens with one attached hydrogen (secondary N) is 2. The molecule has 0 bridgehead atoms. The van der Waals surface area contributed by atoms with E-state index in [1.165, 1.54) is 0 Å². The lowest BCUT2D eigenvalue weighted by Gasteiger charge is -2.43. The Kier molecular flexibility index (Phi) is 3.10. The van der Waals surface area contributed by atoms with Gasteiger partial charge in [0.1, 0.15) is 10.9 Å². The van der Waals surface area contributed by atoms with Gasteiger partial charge in [0.25, 0.3) is 0 Å². The van der Waals surface area contributed by atoms with Gasteiger partial charge in [0.15, 0.2) is 0 Å². The number of carbonyl (C=O) groups excluding carboxylic acids is 1. The number of amides is 1. The van der Waals surface area contributed by atoms with Crippen molar-refractivity contribution in [2.75, 3.05) is 0 Å². The Hall–Kier alpha value is -1.50. The average molecular weight is 247 g/mol. The Bertz CT molecular complexity index is 465. The molecule has 1 saturated heterocycles. The molecular formula is C12H13N3OS. The van der Waals surface area contributed by atoms with E-state index < -0.39 is 11.3 Å². The lowest BCUT2D eigenvalue weighted by molar-refractivity contribution is -0.126. The predicted octanol–water partition coefficient (Wildman–Crippen LogP) is 1.71. The molecule has 1 spiro atoms. The van der Waals surface area contributed by atoms with E-state index in [1.807, 2.05) is 0 Å². The molecule has 0 unspecified atom stereocenters. The summed E-state index contributed by atoms with van der Waals surface area (Å²) in [5.41, 5.74) is -0.0212. The highest BCUT2D eigenvalue weighted by Gasteiger charge is 2.51. The molecule has 4 nitrogen and oxygen atoms in total. The average Bonchev–Trinajstić information content (AvgIpc) is 2.30. The molecule has 2 aliphatic rings. The lowest BCUT2D eigenvalue weighted by atomic mass is 9.60. The predicted molar refractivity (Wildman–Crippen MR) is 66.6 cm³/mol. The van der Waals surface area contributed by atoms with Crippen molar-refractivity contribution in [2.45, 2.75) is 32.1 Å². The van der Waals surface area contributed by atoms with Crippen LogP contribution in [0.4, 0.5) is 0 Å². The summed E-state index contributed by atoms with van der Waals surface area (Å²) in [7, 11) is 0. The molecule has 1 heterocycles. The van der Waals surface area contributed by atoms with Crippen molar-refractivity contribution in [3.63, 3.8) is 0 Å². The van der Waals surface area contributed by atoms with Crippen molar-refractivity contribution in [3.8, 4) is 6.07 Å². The van der Waals surface area contributed by atoms with Gasteiger partial charge in [0, 0.05) is 5.41 Å². The van der Waals surface area contributed by atoms with Crippen molar-refractivity contribution in [1.82, 2.24) is 5.32 Å². The molecule has 17 heavy (non-hydrogen) atoms. The maximum atomic E-state index is 11.8. The SMILES string of the molecule is N#C[C@H]1C(=O)NC(=S)C(=C=N)C12CCCCC2. The van der Waals surface area contributed by atoms with Gasteiger partial charge >= 0.3 is 0 Å². The third-order valence-corrected chi connectivity index (χ3v) is 4.08. The normalized spacial score (nSPS) is 27.2. The van der Waals surface area contributed by atoms with Crippen LogP contribution in [-0.2, 0) is 4.79 Å². The molecule has 2 rings (SSSR count). The molecule has 0 aromatic rings. The monoisotopic (exact) mass is 247 g/mol. The lowest BCUT2D eigenvalue weighted by Crippen LogP contribution is -2.53. The highest BCUT2D eigenvalue weighted by Crippen LogP contribution is 2.49. The smallest absolute Gasteiger partial charge is 0.243 e. The van der Waals surface area contributed by atoms with Gasteiger partial charge in [0.05, 0.1) is 11.6 Å². The van der Waals surface area contributed by atoms with Crippen LogP contribution in [0.2, 0.25) is 0 Å². The van der Waals surface area contributed by atoms with Crippen molar-refractivity contribution >= 4 is 29.0 Å². The van der Waals surface area contributed by atoms with E-state index in [1.54, 1.807) is 0 Å². The zero-order valence-corrected chi connectivity index (χ0v) is 10.2. The maximum absolute atomic E-state index is 11.8. The van der Waals surface area contributed by atoms with Gasteiger partial charge in [-0.05, 0) is 18.7 Å². The summed E-state index contributed by atoms with van der Waals surface area (Å²) in [5, 5.41) is 19.1. The topological polar surface area (TPSA) is 76.7 Å². The molecular weight excluding hydrogens is 234 g/mol. The van der Waals surface area contributed by atoms with E-state index in [0.29, 0.717) is 5.57 Å². The number of nitriles is 1. The number of rotatable bonds is 0. The van der Waals surface area contributed by atoms with Gasteiger partial charge < -0.3 is 5.32 Å². The first kappa shape index (κ1) is 12.0. The molecule has 2 fully saturated rings. The maximum Gasteiger partial charge on any atom is 0.243 e. The van der Waals surface area contributed by atoms with Crippen LogP contribution < -0.4 is 5.32 Å². The number of thiocarbonyl (C=S) groups is 1. The Morgan fingerprint density at radius 2 is 2.06 bits per heavy atom. The quantitative estimate of drug-likeness (QED) is 0.388. The molecule has 5 heteroatoms. The van der Waals surface area contributed by atoms with Crippen LogP contribution in [0.15, 0.2) is 5.57 Å². The summed E-state index contributed by atoms with van der Waals surface area (Å²) >= 11 is 5.10. The minimum Gasteiger partial charge on any atom is -0.315 e. The molecule has 88 valence electrons. The molecule has 1 aliphatic heterocycles. The number of nitrogens with zero attached hydrogens (tertiary/aromatic N) is 1. The molecule has 0 aromatic heterocycles. The minimum absolute atomic E-state index is 0.276. The number of hydrogen-bond donors (Lipinski definition) is 2. The number of piperidine rings is 1. The van der Waals surface area contributed by atoms with Crippen LogP contribution >= 0.6 is 12.2 Å². The third-order valence-electron chi connectivity index (χ3n) is 3.78. The highest BCUT2D eigenvalue weighted by atomic mass is 32.1. The first-order valence-corrected chi connectivity index (χ1v) is 6.11. The van der Waals surface area contributed by atoms with Gasteiger partial charge in [-0.3, -0.25) is 10.2 Å². The van der Waals surface area contributed by atoms with Gasteiger partial charge in [-0.15, -0.1) is 0 Å². The van der Waals surface area contributed by atoms with Crippen LogP contribution in [0.25, 0.3) is 0 Å². The van der Waals surface area contributed by atoms with Crippen molar-refractivity contribution in [3.05, 3.63) is 5.57 Å². The summed E-state index contributed by atoms with van der Waals surface area (Å²) in [6.07, 6.45) is 4.55. The van der Waals surface area contributed by atoms with E-state index in [-0.39, 0.29) is 10.9 Å². The van der Waals surface area contributed by atoms with Crippen LogP contribution in [-0.4, -0.2) is 16.8 Å². The van der Waals surface area contributed by atoms with E-state index in [0.717, 1.165) is 32.1 Å². The van der Waals surface area contributed by atoms with Crippen LogP contribution in [0.5, 0.6) is 0 Å². The summed E-state index contributed by atoms with van der Waals surface area (Å²) in [5.74, 6) is 1.30. The van der Waals surface area contributed by atoms with Gasteiger partial charge in [-0.2, -0.15) is 5.26 Å². The van der Waals surface area contributed by atoms with Crippen molar-refractivity contribution < 1.29 is 4.79 Å². The molecule has 1 amide bonds. The molecule has 1 aliphatic carbocycles. The second-order valence-electron chi connectivity index (χ2n) is 4.60. The Morgan fingerprint density at radius 1 is 1.41 bits per heavy atom. The molecule has 0 aromatic carbocycles. The second-order valence-corrected chi connectivity index (χ2v) is 5.01. The standard InChI is InChI=1S/C12H13N3OS/c13-6-8-10(16)15-11(17)9(7-14)12(8)4-2-1-3-5-12/h8,14H,1-5H2,(H,15,16,17)/t8-/m0/s1. The first-order chi connectivity index (χ1) is 8.15. The Balaban J connectivity index is 2.53. The zero-order chi connectivity index (χ0) is 12.5. The highest BCUT2D eigenvalue weighted by molar-refractivity contribution is 7.80. The van der Waals surface area contributed by atoms with Crippen molar-refractivity contribution in [1.29, 1.82) is 10.7 Å². The fourth-order valence-corrected chi connectivity index (χ4v) is 3.31. The van der Waals surface area contributed by atoms with E-state index in [9.17, 15) is 10.1 Å². The Labute approximate surface area is 105 Å². The van der Waals surface area contributed by atoms with Crippen LogP contribution in [0.1, 0.15) is 32.1 Å². The fraction of sp³-hybridized carbons (Fsp3) is 0.583. The van der Waals surface area contributed by atoms with Gasteiger partial charge in [-0.1, -0.05) is 31.5 Å². The minimum atomic E-state index is -0.734. The third kappa shape index (κ3) is 1.70. The van der Waals surface area contributed by atoms with Gasteiger partial charge in [0.2, 0.25) is 5.91 Å². The van der Waals surface area contributed by atoms with E-state index in [4.69, 9.17) is 17.6 Å². The second kappa shape index (κ2) is 4.40. The van der Waals surface area contributed by atoms with Crippen molar-refractivity contribution in [2.24, 2.45) is 11.3 Å². The molecule has 1 atom stereocenters. The molecule has 0 radical (unpaired) electrons. The summed E-state index contributed by atoms with van der Waals surface area (Å²) in [4.78, 5) is 12.1. The number of carbonyl (C=O) groups is 1. The molecule has 1 saturated carbocycles. The zero-order valence-electron chi connectivity index (χ0n) is 9.38. The Morgan fingerprint density at radius 3 is 2.59 bits per heavy atom. The summed E-state index contributed by atoms with van der Waals surface area (Å²) < 4.78 is 0. The van der Waals surface area contributed by atoms with Crippen LogP contribution in [0, 0.1) is 28.1 Å².